The van der Waals surface area contributed by atoms with Crippen LogP contribution in [0, 0.1) is 16.9 Å². The minimum absolute atomic E-state index is 0.00766. The topological polar surface area (TPSA) is 104 Å². The fourth-order valence-corrected chi connectivity index (χ4v) is 7.69. The van der Waals surface area contributed by atoms with Crippen LogP contribution in [0.5, 0.6) is 11.5 Å². The molecule has 2 aromatic heterocycles. The zero-order valence-corrected chi connectivity index (χ0v) is 28.9. The summed E-state index contributed by atoms with van der Waals surface area (Å²) in [5, 5.41) is 11.8. The second-order valence-corrected chi connectivity index (χ2v) is 13.9. The molecule has 16 heteroatoms. The lowest BCUT2D eigenvalue weighted by Gasteiger charge is -2.44. The minimum Gasteiger partial charge on any atom is -0.619 e. The van der Waals surface area contributed by atoms with Crippen LogP contribution >= 0.6 is 34.5 Å². The van der Waals surface area contributed by atoms with Crippen molar-refractivity contribution in [3.05, 3.63) is 109 Å². The van der Waals surface area contributed by atoms with Crippen LogP contribution in [0.25, 0.3) is 0 Å². The Bertz CT molecular complexity index is 1980. The number of nitrogens with zero attached hydrogens (tertiary/aromatic N) is 3. The maximum atomic E-state index is 15.1. The second-order valence-electron chi connectivity index (χ2n) is 11.9. The van der Waals surface area contributed by atoms with Crippen LogP contribution in [0.15, 0.2) is 67.0 Å². The van der Waals surface area contributed by atoms with Gasteiger partial charge in [0.2, 0.25) is 0 Å². The third-order valence-corrected chi connectivity index (χ3v) is 10.5. The first kappa shape index (κ1) is 32.7. The highest BCUT2D eigenvalue weighted by molar-refractivity contribution is 7.14. The van der Waals surface area contributed by atoms with E-state index in [0.717, 1.165) is 61.8 Å². The lowest BCUT2D eigenvalue weighted by atomic mass is 9.86. The molecule has 2 atom stereocenters. The largest absolute Gasteiger partial charge is 0.619 e. The van der Waals surface area contributed by atoms with Gasteiger partial charge in [-0.2, -0.15) is 13.5 Å². The quantitative estimate of drug-likeness (QED) is 0.0817. The lowest BCUT2D eigenvalue weighted by Crippen LogP contribution is -2.53. The average Bonchev–Trinajstić information content (AvgIpc) is 3.58. The number of hydrogen-bond acceptors (Lipinski definition) is 9. The zero-order chi connectivity index (χ0) is 38.7. The number of fused-ring (bicyclic) bond motifs is 3. The van der Waals surface area contributed by atoms with E-state index in [0.29, 0.717) is 16.2 Å². The number of rotatable bonds is 12. The number of aromatic nitrogens is 1. The fourth-order valence-electron chi connectivity index (χ4n) is 6.21. The number of hydrogen-bond donors (Lipinski definition) is 0. The Morgan fingerprint density at radius 2 is 1.84 bits per heavy atom. The Morgan fingerprint density at radius 3 is 2.51 bits per heavy atom. The molecule has 51 heavy (non-hydrogen) atoms. The highest BCUT2D eigenvalue weighted by Gasteiger charge is 2.38. The Hall–Kier alpha value is -4.24. The molecule has 1 amide bonds. The van der Waals surface area contributed by atoms with Gasteiger partial charge in [0.25, 0.3) is 0 Å². The van der Waals surface area contributed by atoms with Crippen LogP contribution in [-0.4, -0.2) is 56.4 Å². The van der Waals surface area contributed by atoms with Gasteiger partial charge in [0.1, 0.15) is 32.9 Å². The normalized spacial score (nSPS) is 19.8. The number of carbonyl (C=O) groups excluding carboxylic acids is 2. The third kappa shape index (κ3) is 8.63. The van der Waals surface area contributed by atoms with Gasteiger partial charge in [0.05, 0.1) is 23.4 Å². The summed E-state index contributed by atoms with van der Waals surface area (Å²) in [6.07, 6.45) is 1.23. The van der Waals surface area contributed by atoms with Crippen LogP contribution in [0.3, 0.4) is 0 Å². The Labute approximate surface area is 309 Å². The van der Waals surface area contributed by atoms with Crippen molar-refractivity contribution in [3.63, 3.8) is 0 Å². The van der Waals surface area contributed by atoms with Crippen LogP contribution in [0.4, 0.5) is 23.7 Å². The van der Waals surface area contributed by atoms with E-state index in [1.807, 2.05) is 0 Å². The molecule has 0 saturated carbocycles. The number of halogens is 5. The van der Waals surface area contributed by atoms with E-state index in [-0.39, 0.29) is 56.7 Å². The van der Waals surface area contributed by atoms with Crippen LogP contribution < -0.4 is 19.1 Å². The van der Waals surface area contributed by atoms with E-state index in [9.17, 15) is 23.6 Å². The van der Waals surface area contributed by atoms with Crippen molar-refractivity contribution < 1.29 is 50.6 Å². The molecular weight excluding hydrogens is 734 g/mol. The smallest absolute Gasteiger partial charge is 0.415 e. The van der Waals surface area contributed by atoms with Crippen LogP contribution in [0.2, 0.25) is 10.0 Å². The molecule has 10 nitrogen and oxygen atoms in total. The zero-order valence-electron chi connectivity index (χ0n) is 29.6. The van der Waals surface area contributed by atoms with Crippen molar-refractivity contribution in [1.29, 1.82) is 0 Å². The summed E-state index contributed by atoms with van der Waals surface area (Å²) in [7, 11) is -3.07. The van der Waals surface area contributed by atoms with Gasteiger partial charge in [-0.3, -0.25) is 9.80 Å². The molecule has 2 bridgehead atoms. The highest BCUT2D eigenvalue weighted by atomic mass is 35.5. The van der Waals surface area contributed by atoms with E-state index >= 15 is 4.39 Å². The van der Waals surface area contributed by atoms with Gasteiger partial charge < -0.3 is 24.2 Å². The predicted molar refractivity (Wildman–Crippen MR) is 183 cm³/mol. The van der Waals surface area contributed by atoms with Gasteiger partial charge in [-0.05, 0) is 73.8 Å². The van der Waals surface area contributed by atoms with Gasteiger partial charge >= 0.3 is 18.7 Å². The van der Waals surface area contributed by atoms with Crippen molar-refractivity contribution in [2.45, 2.75) is 44.6 Å². The van der Waals surface area contributed by atoms with Crippen molar-refractivity contribution in [3.8, 4) is 11.5 Å². The summed E-state index contributed by atoms with van der Waals surface area (Å²) in [6.45, 7) is -0.986. The van der Waals surface area contributed by atoms with Crippen molar-refractivity contribution >= 4 is 52.3 Å². The number of anilines is 1. The first-order chi connectivity index (χ1) is 25.6. The summed E-state index contributed by atoms with van der Waals surface area (Å²) < 4.78 is 85.4. The molecule has 0 unspecified atom stereocenters. The van der Waals surface area contributed by atoms with Crippen molar-refractivity contribution in [2.24, 2.45) is 5.92 Å². The number of pyridine rings is 1. The number of thiophene rings is 1. The van der Waals surface area contributed by atoms with Gasteiger partial charge in [0, 0.05) is 23.4 Å². The van der Waals surface area contributed by atoms with E-state index < -0.39 is 49.1 Å². The number of piperidine rings is 3. The molecule has 4 aromatic rings. The molecule has 7 rings (SSSR count). The summed E-state index contributed by atoms with van der Waals surface area (Å²) in [6, 6.07) is 12.1. The van der Waals surface area contributed by atoms with Crippen molar-refractivity contribution in [1.82, 2.24) is 4.90 Å². The number of ether oxygens (including phenoxy) is 4. The summed E-state index contributed by atoms with van der Waals surface area (Å²) in [4.78, 5) is 31.3. The lowest BCUT2D eigenvalue weighted by molar-refractivity contribution is -0.605. The molecule has 2 aromatic carbocycles. The van der Waals surface area contributed by atoms with Crippen LogP contribution in [0.1, 0.15) is 48.7 Å². The molecule has 270 valence electrons. The van der Waals surface area contributed by atoms with Gasteiger partial charge in [-0.1, -0.05) is 41.4 Å². The maximum Gasteiger partial charge on any atom is 0.415 e. The predicted octanol–water partition coefficient (Wildman–Crippen LogP) is 7.82. The van der Waals surface area contributed by atoms with E-state index in [2.05, 4.69) is 9.64 Å². The Balaban J connectivity index is 1.27. The first-order valence-corrected chi connectivity index (χ1v) is 17.3. The monoisotopic (exact) mass is 768 g/mol. The fraction of sp³-hybridized carbons (Fsp3) is 0.343. The summed E-state index contributed by atoms with van der Waals surface area (Å²) >= 11 is 13.6. The Morgan fingerprint density at radius 1 is 1.10 bits per heavy atom. The molecule has 3 fully saturated rings. The standard InChI is InChI=1S/C35H32Cl2F3N3O7S/c1-47-30-14-21(6-8-28(30)49-34(39)40)29(15-23-24(36)17-42(46)18-25(23)37)48-33(44)32-9-7-22(51-32)16-43(27-5-3-2-4-26(27)38)35(45)50-31-19-41-12-10-20(31)11-13-41/h2-9,14,17-18,20,29,31,34H,10-13,15-16,19H2,1H3/t29-,31-/m0/s1/i1D3. The average molecular weight is 770 g/mol. The number of benzene rings is 2. The molecule has 0 radical (unpaired) electrons. The number of alkyl halides is 2. The molecule has 5 heterocycles. The van der Waals surface area contributed by atoms with E-state index in [4.69, 9.17) is 41.5 Å². The van der Waals surface area contributed by atoms with E-state index in [1.165, 1.54) is 35.2 Å². The minimum atomic E-state index is -3.31. The molecule has 0 N–H and O–H groups in total. The maximum absolute atomic E-state index is 15.1. The van der Waals surface area contributed by atoms with E-state index in [1.54, 1.807) is 12.1 Å². The molecule has 0 aliphatic carbocycles. The molecule has 3 aliphatic rings. The summed E-state index contributed by atoms with van der Waals surface area (Å²) in [5.74, 6) is -2.49. The summed E-state index contributed by atoms with van der Waals surface area (Å²) in [5.41, 5.74) is 0.253. The number of carbonyl (C=O) groups is 2. The number of methoxy groups -OCH3 is 1. The first-order valence-electron chi connectivity index (χ1n) is 17.2. The molecule has 3 saturated heterocycles. The van der Waals surface area contributed by atoms with Gasteiger partial charge in [-0.25, -0.2) is 14.0 Å². The van der Waals surface area contributed by atoms with Gasteiger partial charge in [-0.15, -0.1) is 11.3 Å². The second kappa shape index (κ2) is 16.0. The molecule has 3 aliphatic heterocycles. The highest BCUT2D eigenvalue weighted by Crippen LogP contribution is 2.37. The molecular formula is C35H32Cl2F3N3O7S. The molecule has 0 spiro atoms. The third-order valence-electron chi connectivity index (χ3n) is 8.75. The van der Waals surface area contributed by atoms with Crippen LogP contribution in [-0.2, 0) is 22.4 Å². The van der Waals surface area contributed by atoms with Gasteiger partial charge in [0.15, 0.2) is 23.9 Å². The Kier molecular flexibility index (Phi) is 10.2. The number of esters is 1. The number of para-hydroxylation sites is 1. The number of amides is 1. The van der Waals surface area contributed by atoms with Crippen molar-refractivity contribution in [2.75, 3.05) is 31.6 Å². The SMILES string of the molecule is [2H]C([2H])([2H])Oc1cc([C@H](Cc2c(Cl)c[n+]([O-])cc2Cl)OC(=O)c2ccc(CN(C(=O)O[C@H]3CN4CCC3CC4)c3ccccc3F)s2)ccc1OC(F)F.